The molecule has 1 N–H and O–H groups in total. The zero-order chi connectivity index (χ0) is 16.8. The minimum absolute atomic E-state index is 0.195. The lowest BCUT2D eigenvalue weighted by Crippen LogP contribution is -2.41. The van der Waals surface area contributed by atoms with Gasteiger partial charge in [0.2, 0.25) is 5.91 Å². The van der Waals surface area contributed by atoms with Crippen LogP contribution in [0.2, 0.25) is 0 Å². The first-order chi connectivity index (χ1) is 11.0. The molecule has 2 rings (SSSR count). The van der Waals surface area contributed by atoms with Crippen molar-refractivity contribution >= 4 is 11.7 Å². The summed E-state index contributed by atoms with van der Waals surface area (Å²) < 4.78 is 0. The fourth-order valence-corrected chi connectivity index (χ4v) is 2.76. The highest BCUT2D eigenvalue weighted by atomic mass is 16.2. The molecule has 1 amide bonds. The number of hydrogen-bond acceptors (Lipinski definition) is 6. The maximum absolute atomic E-state index is 12.3. The van der Waals surface area contributed by atoms with Crippen LogP contribution in [0.15, 0.2) is 12.4 Å². The van der Waals surface area contributed by atoms with Crippen LogP contribution in [0.1, 0.15) is 5.69 Å². The van der Waals surface area contributed by atoms with Crippen molar-refractivity contribution in [3.63, 3.8) is 0 Å². The summed E-state index contributed by atoms with van der Waals surface area (Å²) in [5, 5.41) is 3.43. The number of amides is 1. The van der Waals surface area contributed by atoms with Crippen molar-refractivity contribution in [3.8, 4) is 0 Å². The van der Waals surface area contributed by atoms with Crippen LogP contribution in [0, 0.1) is 5.92 Å². The van der Waals surface area contributed by atoms with Crippen LogP contribution < -0.4 is 10.2 Å². The van der Waals surface area contributed by atoms with Crippen LogP contribution in [0.25, 0.3) is 0 Å². The van der Waals surface area contributed by atoms with Gasteiger partial charge in [-0.25, -0.2) is 9.97 Å². The van der Waals surface area contributed by atoms with E-state index in [0.717, 1.165) is 44.1 Å². The van der Waals surface area contributed by atoms with Gasteiger partial charge in [-0.2, -0.15) is 0 Å². The molecule has 1 aliphatic heterocycles. The number of hydrogen-bond donors (Lipinski definition) is 1. The SMILES string of the molecule is CN(C)CC(=O)N1CCNC[C@H](Cc2cc(N(C)C)ncn2)C1. The third-order valence-electron chi connectivity index (χ3n) is 3.94. The van der Waals surface area contributed by atoms with E-state index in [1.807, 2.05) is 49.0 Å². The molecule has 0 saturated carbocycles. The Balaban J connectivity index is 2.01. The monoisotopic (exact) mass is 320 g/mol. The number of carbonyl (C=O) groups excluding carboxylic acids is 1. The molecule has 128 valence electrons. The molecule has 7 heteroatoms. The second kappa shape index (κ2) is 8.21. The second-order valence-electron chi connectivity index (χ2n) is 6.61. The Hall–Kier alpha value is -1.73. The Bertz CT molecular complexity index is 519. The van der Waals surface area contributed by atoms with Gasteiger partial charge in [0, 0.05) is 52.0 Å². The summed E-state index contributed by atoms with van der Waals surface area (Å²) >= 11 is 0. The summed E-state index contributed by atoms with van der Waals surface area (Å²) in [6.45, 7) is 3.78. The molecule has 0 unspecified atom stereocenters. The van der Waals surface area contributed by atoms with E-state index in [4.69, 9.17) is 0 Å². The van der Waals surface area contributed by atoms with Crippen LogP contribution in [-0.4, -0.2) is 86.6 Å². The van der Waals surface area contributed by atoms with Gasteiger partial charge in [0.25, 0.3) is 0 Å². The maximum Gasteiger partial charge on any atom is 0.236 e. The van der Waals surface area contributed by atoms with Crippen molar-refractivity contribution in [2.24, 2.45) is 5.92 Å². The molecule has 23 heavy (non-hydrogen) atoms. The van der Waals surface area contributed by atoms with Crippen molar-refractivity contribution in [3.05, 3.63) is 18.1 Å². The number of nitrogens with one attached hydrogen (secondary N) is 1. The zero-order valence-electron chi connectivity index (χ0n) is 14.6. The first-order valence-electron chi connectivity index (χ1n) is 8.07. The highest BCUT2D eigenvalue weighted by Gasteiger charge is 2.22. The van der Waals surface area contributed by atoms with E-state index in [2.05, 4.69) is 15.3 Å². The minimum Gasteiger partial charge on any atom is -0.363 e. The first-order valence-corrected chi connectivity index (χ1v) is 8.07. The Kier molecular flexibility index (Phi) is 6.29. The molecule has 1 atom stereocenters. The standard InChI is InChI=1S/C16H28N6O/c1-20(2)11-16(23)22-6-5-17-9-13(10-22)7-14-8-15(21(3)4)19-12-18-14/h8,12-13,17H,5-7,9-11H2,1-4H3/t13-/m0/s1. The third-order valence-corrected chi connectivity index (χ3v) is 3.94. The number of anilines is 1. The Morgan fingerprint density at radius 2 is 2.13 bits per heavy atom. The quantitative estimate of drug-likeness (QED) is 0.803. The number of likely N-dealkylation sites (N-methyl/N-ethyl adjacent to an activating group) is 1. The van der Waals surface area contributed by atoms with Gasteiger partial charge in [-0.1, -0.05) is 0 Å². The fourth-order valence-electron chi connectivity index (χ4n) is 2.76. The minimum atomic E-state index is 0.195. The number of carbonyl (C=O) groups is 1. The molecule has 1 fully saturated rings. The largest absolute Gasteiger partial charge is 0.363 e. The van der Waals surface area contributed by atoms with Crippen molar-refractivity contribution in [1.82, 2.24) is 25.1 Å². The van der Waals surface area contributed by atoms with Gasteiger partial charge < -0.3 is 20.0 Å². The van der Waals surface area contributed by atoms with Crippen molar-refractivity contribution < 1.29 is 4.79 Å². The van der Waals surface area contributed by atoms with E-state index in [1.54, 1.807) is 6.33 Å². The van der Waals surface area contributed by atoms with E-state index in [-0.39, 0.29) is 5.91 Å². The van der Waals surface area contributed by atoms with Crippen LogP contribution in [-0.2, 0) is 11.2 Å². The Labute approximate surface area is 138 Å². The molecular weight excluding hydrogens is 292 g/mol. The first kappa shape index (κ1) is 17.6. The number of nitrogens with zero attached hydrogens (tertiary/aromatic N) is 5. The molecule has 1 aliphatic rings. The van der Waals surface area contributed by atoms with Crippen molar-refractivity contribution in [2.45, 2.75) is 6.42 Å². The van der Waals surface area contributed by atoms with Gasteiger partial charge >= 0.3 is 0 Å². The molecule has 1 aromatic heterocycles. The number of rotatable bonds is 5. The summed E-state index contributed by atoms with van der Waals surface area (Å²) in [5.41, 5.74) is 1.03. The number of aromatic nitrogens is 2. The summed E-state index contributed by atoms with van der Waals surface area (Å²) in [4.78, 5) is 26.8. The van der Waals surface area contributed by atoms with E-state index < -0.39 is 0 Å². The summed E-state index contributed by atoms with van der Waals surface area (Å²) in [6.07, 6.45) is 2.46. The van der Waals surface area contributed by atoms with Crippen LogP contribution in [0.3, 0.4) is 0 Å². The van der Waals surface area contributed by atoms with Crippen LogP contribution in [0.4, 0.5) is 5.82 Å². The van der Waals surface area contributed by atoms with Gasteiger partial charge in [0.1, 0.15) is 12.1 Å². The highest BCUT2D eigenvalue weighted by molar-refractivity contribution is 5.78. The second-order valence-corrected chi connectivity index (χ2v) is 6.61. The van der Waals surface area contributed by atoms with Crippen LogP contribution in [0.5, 0.6) is 0 Å². The predicted molar refractivity (Wildman–Crippen MR) is 91.6 cm³/mol. The summed E-state index contributed by atoms with van der Waals surface area (Å²) in [7, 11) is 7.80. The van der Waals surface area contributed by atoms with Gasteiger partial charge in [-0.15, -0.1) is 0 Å². The normalized spacial score (nSPS) is 18.8. The third kappa shape index (κ3) is 5.44. The predicted octanol–water partition coefficient (Wildman–Crippen LogP) is -0.305. The van der Waals surface area contributed by atoms with E-state index in [9.17, 15) is 4.79 Å². The van der Waals surface area contributed by atoms with Crippen LogP contribution >= 0.6 is 0 Å². The smallest absolute Gasteiger partial charge is 0.236 e. The molecular formula is C16H28N6O. The van der Waals surface area contributed by atoms with E-state index >= 15 is 0 Å². The Morgan fingerprint density at radius 1 is 1.35 bits per heavy atom. The lowest BCUT2D eigenvalue weighted by Gasteiger charge is -2.25. The zero-order valence-corrected chi connectivity index (χ0v) is 14.6. The molecule has 0 aromatic carbocycles. The van der Waals surface area contributed by atoms with E-state index in [0.29, 0.717) is 12.5 Å². The van der Waals surface area contributed by atoms with Gasteiger partial charge in [0.05, 0.1) is 6.54 Å². The summed E-state index contributed by atoms with van der Waals surface area (Å²) in [6, 6.07) is 2.02. The average molecular weight is 320 g/mol. The average Bonchev–Trinajstić information content (AvgIpc) is 2.72. The lowest BCUT2D eigenvalue weighted by atomic mass is 10.0. The molecule has 2 heterocycles. The molecule has 7 nitrogen and oxygen atoms in total. The topological polar surface area (TPSA) is 64.6 Å². The Morgan fingerprint density at radius 3 is 2.83 bits per heavy atom. The molecule has 0 bridgehead atoms. The summed E-state index contributed by atoms with van der Waals surface area (Å²) in [5.74, 6) is 1.48. The van der Waals surface area contributed by atoms with Gasteiger partial charge in [-0.05, 0) is 26.4 Å². The molecule has 0 spiro atoms. The molecule has 0 aliphatic carbocycles. The highest BCUT2D eigenvalue weighted by Crippen LogP contribution is 2.14. The van der Waals surface area contributed by atoms with Crippen molar-refractivity contribution in [2.75, 3.05) is 65.8 Å². The van der Waals surface area contributed by atoms with Gasteiger partial charge in [0.15, 0.2) is 0 Å². The molecule has 0 radical (unpaired) electrons. The molecule has 1 saturated heterocycles. The van der Waals surface area contributed by atoms with Gasteiger partial charge in [-0.3, -0.25) is 4.79 Å². The van der Waals surface area contributed by atoms with E-state index in [1.165, 1.54) is 0 Å². The molecule has 1 aromatic rings. The van der Waals surface area contributed by atoms with Crippen molar-refractivity contribution in [1.29, 1.82) is 0 Å². The maximum atomic E-state index is 12.3. The lowest BCUT2D eigenvalue weighted by molar-refractivity contribution is -0.132. The fraction of sp³-hybridized carbons (Fsp3) is 0.688.